The van der Waals surface area contributed by atoms with Crippen LogP contribution in [0.4, 0.5) is 0 Å². The highest BCUT2D eigenvalue weighted by Gasteiger charge is 2.71. The molecule has 1 aromatic heterocycles. The molecular formula is C22H31N5O4. The van der Waals surface area contributed by atoms with E-state index >= 15 is 0 Å². The van der Waals surface area contributed by atoms with Crippen LogP contribution in [-0.4, -0.2) is 51.5 Å². The monoisotopic (exact) mass is 429 g/mol. The van der Waals surface area contributed by atoms with Gasteiger partial charge in [0.05, 0.1) is 18.7 Å². The predicted molar refractivity (Wildman–Crippen MR) is 115 cm³/mol. The van der Waals surface area contributed by atoms with Gasteiger partial charge < -0.3 is 10.1 Å². The Morgan fingerprint density at radius 2 is 1.90 bits per heavy atom. The summed E-state index contributed by atoms with van der Waals surface area (Å²) in [5, 5.41) is 13.3. The third kappa shape index (κ3) is 3.85. The van der Waals surface area contributed by atoms with Crippen LogP contribution in [0.5, 0.6) is 5.75 Å². The molecule has 0 spiro atoms. The minimum Gasteiger partial charge on any atom is -0.491 e. The van der Waals surface area contributed by atoms with Crippen molar-refractivity contribution in [3.8, 4) is 5.75 Å². The molecule has 31 heavy (non-hydrogen) atoms. The first-order chi connectivity index (χ1) is 14.5. The van der Waals surface area contributed by atoms with E-state index < -0.39 is 0 Å². The number of ether oxygens (including phenoxy) is 1. The molecule has 9 nitrogen and oxygen atoms in total. The van der Waals surface area contributed by atoms with E-state index in [1.165, 1.54) is 15.8 Å². The van der Waals surface area contributed by atoms with Gasteiger partial charge in [-0.1, -0.05) is 27.7 Å². The molecule has 5 rings (SSSR count). The molecule has 0 atom stereocenters. The normalized spacial score (nSPS) is 26.6. The van der Waals surface area contributed by atoms with Crippen molar-refractivity contribution in [2.45, 2.75) is 71.4 Å². The van der Waals surface area contributed by atoms with Gasteiger partial charge in [-0.25, -0.2) is 9.69 Å². The number of rotatable bonds is 8. The summed E-state index contributed by atoms with van der Waals surface area (Å²) in [6.07, 6.45) is 2.77. The molecule has 3 fully saturated rings. The number of aromatic nitrogens is 2. The molecule has 1 N–H and O–H groups in total. The van der Waals surface area contributed by atoms with Gasteiger partial charge >= 0.3 is 0 Å². The zero-order valence-electron chi connectivity index (χ0n) is 18.9. The van der Waals surface area contributed by atoms with Gasteiger partial charge in [0.15, 0.2) is 0 Å². The molecule has 168 valence electrons. The minimum atomic E-state index is -0.353. The fourth-order valence-electron chi connectivity index (χ4n) is 4.90. The summed E-state index contributed by atoms with van der Waals surface area (Å²) in [6, 6.07) is 1.43. The lowest BCUT2D eigenvalue weighted by Gasteiger charge is -2.70. The molecule has 2 amide bonds. The van der Waals surface area contributed by atoms with Crippen LogP contribution < -0.4 is 15.6 Å². The van der Waals surface area contributed by atoms with Gasteiger partial charge in [-0.05, 0) is 25.2 Å². The lowest BCUT2D eigenvalue weighted by molar-refractivity contribution is -0.142. The molecule has 3 aliphatic carbocycles. The molecule has 1 aromatic rings. The maximum Gasteiger partial charge on any atom is 0.270 e. The number of amides is 2. The molecular weight excluding hydrogens is 398 g/mol. The maximum atomic E-state index is 12.7. The Labute approximate surface area is 181 Å². The number of carbonyl (C=O) groups is 2. The Hall–Kier alpha value is -2.71. The van der Waals surface area contributed by atoms with E-state index in [9.17, 15) is 14.4 Å². The molecule has 1 aliphatic heterocycles. The van der Waals surface area contributed by atoms with Crippen LogP contribution >= 0.6 is 0 Å². The zero-order chi connectivity index (χ0) is 22.6. The van der Waals surface area contributed by atoms with Crippen LogP contribution in [0.3, 0.4) is 0 Å². The number of hydrogen-bond donors (Lipinski definition) is 1. The van der Waals surface area contributed by atoms with Crippen molar-refractivity contribution in [3.63, 3.8) is 0 Å². The van der Waals surface area contributed by atoms with Gasteiger partial charge in [0.1, 0.15) is 18.0 Å². The first-order valence-corrected chi connectivity index (χ1v) is 10.9. The summed E-state index contributed by atoms with van der Waals surface area (Å²) in [6.45, 7) is 8.42. The van der Waals surface area contributed by atoms with Crippen molar-refractivity contribution in [1.29, 1.82) is 0 Å². The Bertz CT molecular complexity index is 990. The summed E-state index contributed by atoms with van der Waals surface area (Å²) >= 11 is 0. The average molecular weight is 430 g/mol. The number of nitrogens with one attached hydrogen (secondary N) is 1. The van der Waals surface area contributed by atoms with Gasteiger partial charge in [0, 0.05) is 30.0 Å². The molecule has 0 saturated heterocycles. The van der Waals surface area contributed by atoms with Crippen molar-refractivity contribution < 1.29 is 14.3 Å². The van der Waals surface area contributed by atoms with E-state index in [1.807, 2.05) is 27.7 Å². The van der Waals surface area contributed by atoms with E-state index in [1.54, 1.807) is 7.05 Å². The first kappa shape index (κ1) is 21.5. The molecule has 2 bridgehead atoms. The quantitative estimate of drug-likeness (QED) is 0.676. The molecule has 0 unspecified atom stereocenters. The maximum absolute atomic E-state index is 12.7. The highest BCUT2D eigenvalue weighted by molar-refractivity contribution is 6.09. The van der Waals surface area contributed by atoms with Crippen LogP contribution in [-0.2, 0) is 16.1 Å². The third-order valence-electron chi connectivity index (χ3n) is 6.40. The molecule has 9 heteroatoms. The highest BCUT2D eigenvalue weighted by Crippen LogP contribution is 2.68. The Morgan fingerprint density at radius 3 is 2.45 bits per heavy atom. The summed E-state index contributed by atoms with van der Waals surface area (Å²) in [5.41, 5.74) is 0.977. The molecule has 0 aromatic carbocycles. The molecule has 0 radical (unpaired) electrons. The van der Waals surface area contributed by atoms with Crippen LogP contribution in [0.1, 0.15) is 65.0 Å². The zero-order valence-corrected chi connectivity index (χ0v) is 18.9. The Kier molecular flexibility index (Phi) is 5.18. The van der Waals surface area contributed by atoms with Crippen LogP contribution in [0.25, 0.3) is 0 Å². The fraction of sp³-hybridized carbons (Fsp3) is 0.682. The highest BCUT2D eigenvalue weighted by atomic mass is 16.5. The largest absolute Gasteiger partial charge is 0.491 e. The second-order valence-electron chi connectivity index (χ2n) is 10.0. The second-order valence-corrected chi connectivity index (χ2v) is 10.0. The van der Waals surface area contributed by atoms with Crippen LogP contribution in [0, 0.1) is 11.3 Å². The lowest BCUT2D eigenvalue weighted by Crippen LogP contribution is -2.77. The van der Waals surface area contributed by atoms with Gasteiger partial charge in [-0.2, -0.15) is 10.2 Å². The number of hydrogen-bond acceptors (Lipinski definition) is 6. The average Bonchev–Trinajstić information content (AvgIpc) is 2.95. The Balaban J connectivity index is 1.39. The summed E-state index contributed by atoms with van der Waals surface area (Å²) in [5.74, 6) is 0.671. The number of carbonyl (C=O) groups excluding carboxylic acids is 2. The van der Waals surface area contributed by atoms with Gasteiger partial charge in [-0.15, -0.1) is 0 Å². The fourth-order valence-corrected chi connectivity index (χ4v) is 4.90. The first-order valence-electron chi connectivity index (χ1n) is 10.9. The van der Waals surface area contributed by atoms with E-state index in [-0.39, 0.29) is 40.8 Å². The van der Waals surface area contributed by atoms with Crippen molar-refractivity contribution in [2.75, 3.05) is 13.7 Å². The van der Waals surface area contributed by atoms with Gasteiger partial charge in [0.25, 0.3) is 5.56 Å². The van der Waals surface area contributed by atoms with E-state index in [2.05, 4.69) is 15.5 Å². The molecule has 4 aliphatic rings. The van der Waals surface area contributed by atoms with E-state index in [0.29, 0.717) is 30.4 Å². The van der Waals surface area contributed by atoms with Gasteiger partial charge in [0.2, 0.25) is 11.8 Å². The third-order valence-corrected chi connectivity index (χ3v) is 6.40. The number of hydrazone groups is 1. The summed E-state index contributed by atoms with van der Waals surface area (Å²) < 4.78 is 6.99. The van der Waals surface area contributed by atoms with Crippen molar-refractivity contribution in [1.82, 2.24) is 20.1 Å². The summed E-state index contributed by atoms with van der Waals surface area (Å²) in [4.78, 5) is 37.0. The lowest BCUT2D eigenvalue weighted by atomic mass is 9.37. The van der Waals surface area contributed by atoms with E-state index in [0.717, 1.165) is 25.0 Å². The standard InChI is InChI=1S/C22H31N5O4/c1-13(2)9-31-15-6-19(30)27(25-20(15)14(3)4)8-17(28)23-22-10-21(11-22,12-22)16-7-18(29)26(5)24-16/h6,13-14H,7-12H2,1-5H3,(H,23,28). The second kappa shape index (κ2) is 7.46. The minimum absolute atomic E-state index is 0.0186. The van der Waals surface area contributed by atoms with E-state index in [4.69, 9.17) is 4.74 Å². The van der Waals surface area contributed by atoms with Crippen LogP contribution in [0.2, 0.25) is 0 Å². The number of nitrogens with zero attached hydrogens (tertiary/aromatic N) is 4. The predicted octanol–water partition coefficient (Wildman–Crippen LogP) is 1.66. The summed E-state index contributed by atoms with van der Waals surface area (Å²) in [7, 11) is 1.67. The smallest absolute Gasteiger partial charge is 0.270 e. The van der Waals surface area contributed by atoms with Crippen LogP contribution in [0.15, 0.2) is 16.0 Å². The van der Waals surface area contributed by atoms with Gasteiger partial charge in [-0.3, -0.25) is 14.4 Å². The SMILES string of the molecule is CC(C)COc1cc(=O)n(CC(=O)NC23CC(C4=NN(C)C(=O)C4)(C2)C3)nc1C(C)C. The Morgan fingerprint density at radius 1 is 1.23 bits per heavy atom. The molecule has 2 heterocycles. The van der Waals surface area contributed by atoms with Crippen molar-refractivity contribution >= 4 is 17.5 Å². The van der Waals surface area contributed by atoms with Crippen molar-refractivity contribution in [2.24, 2.45) is 16.4 Å². The molecule has 3 saturated carbocycles. The van der Waals surface area contributed by atoms with Crippen molar-refractivity contribution in [3.05, 3.63) is 22.1 Å². The topological polar surface area (TPSA) is 106 Å².